The van der Waals surface area contributed by atoms with Crippen LogP contribution in [0.1, 0.15) is 0 Å². The molecule has 0 heterocycles. The van der Waals surface area contributed by atoms with E-state index in [0.717, 1.165) is 0 Å². The normalized spacial score (nSPS) is 11.4. The van der Waals surface area contributed by atoms with Crippen LogP contribution in [-0.2, 0) is 14.8 Å². The molecule has 96 valence electrons. The van der Waals surface area contributed by atoms with Gasteiger partial charge in [-0.3, -0.25) is 0 Å². The van der Waals surface area contributed by atoms with Crippen LogP contribution < -0.4 is 15.2 Å². The Hall–Kier alpha value is -1.31. The highest BCUT2D eigenvalue weighted by Gasteiger charge is 2.13. The van der Waals surface area contributed by atoms with Crippen LogP contribution in [0, 0.1) is 0 Å². The van der Waals surface area contributed by atoms with Crippen molar-refractivity contribution in [3.05, 3.63) is 18.2 Å². The van der Waals surface area contributed by atoms with Gasteiger partial charge in [-0.05, 0) is 25.2 Å². The summed E-state index contributed by atoms with van der Waals surface area (Å²) in [6.45, 7) is 0.800. The number of benzene rings is 1. The van der Waals surface area contributed by atoms with Crippen molar-refractivity contribution in [3.63, 3.8) is 0 Å². The van der Waals surface area contributed by atoms with Crippen molar-refractivity contribution in [2.24, 2.45) is 0 Å². The molecule has 17 heavy (non-hydrogen) atoms. The lowest BCUT2D eigenvalue weighted by Gasteiger charge is -2.10. The average molecular weight is 260 g/mol. The van der Waals surface area contributed by atoms with E-state index < -0.39 is 10.0 Å². The van der Waals surface area contributed by atoms with Crippen molar-refractivity contribution < 1.29 is 17.9 Å². The number of rotatable bonds is 6. The Balaban J connectivity index is 2.87. The molecule has 1 aromatic rings. The van der Waals surface area contributed by atoms with Gasteiger partial charge in [0.15, 0.2) is 0 Å². The predicted molar refractivity (Wildman–Crippen MR) is 64.5 cm³/mol. The third kappa shape index (κ3) is 3.58. The van der Waals surface area contributed by atoms with Crippen LogP contribution in [0.15, 0.2) is 23.1 Å². The van der Waals surface area contributed by atoms with Gasteiger partial charge in [0.25, 0.3) is 0 Å². The number of methoxy groups -OCH3 is 1. The van der Waals surface area contributed by atoms with E-state index in [2.05, 4.69) is 4.72 Å². The Morgan fingerprint density at radius 2 is 2.06 bits per heavy atom. The van der Waals surface area contributed by atoms with E-state index in [1.807, 2.05) is 0 Å². The monoisotopic (exact) mass is 260 g/mol. The van der Waals surface area contributed by atoms with Crippen molar-refractivity contribution in [1.29, 1.82) is 0 Å². The summed E-state index contributed by atoms with van der Waals surface area (Å²) in [7, 11) is -0.566. The summed E-state index contributed by atoms with van der Waals surface area (Å²) in [5.74, 6) is 0.442. The van der Waals surface area contributed by atoms with E-state index in [0.29, 0.717) is 19.0 Å². The number of hydrogen-bond acceptors (Lipinski definition) is 5. The van der Waals surface area contributed by atoms with E-state index >= 15 is 0 Å². The summed E-state index contributed by atoms with van der Waals surface area (Å²) in [5, 5.41) is 0. The lowest BCUT2D eigenvalue weighted by atomic mass is 10.3. The summed E-state index contributed by atoms with van der Waals surface area (Å²) in [6.07, 6.45) is 0. The van der Waals surface area contributed by atoms with Crippen LogP contribution in [0.25, 0.3) is 0 Å². The number of ether oxygens (including phenoxy) is 2. The Morgan fingerprint density at radius 3 is 2.59 bits per heavy atom. The first kappa shape index (κ1) is 13.8. The molecule has 0 amide bonds. The summed E-state index contributed by atoms with van der Waals surface area (Å²) < 4.78 is 35.3. The van der Waals surface area contributed by atoms with Crippen molar-refractivity contribution in [2.45, 2.75) is 4.90 Å². The SMILES string of the molecule is CNS(=O)(=O)c1ccc(OCCOC)c(N)c1. The fraction of sp³-hybridized carbons (Fsp3) is 0.400. The number of anilines is 1. The van der Waals surface area contributed by atoms with Crippen LogP contribution in [0.3, 0.4) is 0 Å². The molecule has 0 spiro atoms. The number of nitrogens with one attached hydrogen (secondary N) is 1. The number of hydrogen-bond donors (Lipinski definition) is 2. The molecule has 0 atom stereocenters. The highest BCUT2D eigenvalue weighted by Crippen LogP contribution is 2.24. The molecular weight excluding hydrogens is 244 g/mol. The van der Waals surface area contributed by atoms with Crippen molar-refractivity contribution in [2.75, 3.05) is 33.1 Å². The summed E-state index contributed by atoms with van der Waals surface area (Å²) in [5.41, 5.74) is 5.97. The Kier molecular flexibility index (Phi) is 4.73. The summed E-state index contributed by atoms with van der Waals surface area (Å²) in [4.78, 5) is 0.108. The second-order valence-corrected chi connectivity index (χ2v) is 5.13. The fourth-order valence-corrected chi connectivity index (χ4v) is 1.94. The second-order valence-electron chi connectivity index (χ2n) is 3.25. The lowest BCUT2D eigenvalue weighted by Crippen LogP contribution is -2.18. The molecule has 0 unspecified atom stereocenters. The largest absolute Gasteiger partial charge is 0.489 e. The zero-order valence-corrected chi connectivity index (χ0v) is 10.6. The average Bonchev–Trinajstić information content (AvgIpc) is 2.31. The molecule has 3 N–H and O–H groups in total. The zero-order valence-electron chi connectivity index (χ0n) is 9.76. The van der Waals surface area contributed by atoms with E-state index in [1.54, 1.807) is 7.11 Å². The van der Waals surface area contributed by atoms with E-state index in [4.69, 9.17) is 15.2 Å². The van der Waals surface area contributed by atoms with Crippen LogP contribution in [0.2, 0.25) is 0 Å². The molecule has 0 saturated carbocycles. The molecule has 0 aliphatic rings. The molecule has 6 nitrogen and oxygen atoms in total. The van der Waals surface area contributed by atoms with Crippen LogP contribution >= 0.6 is 0 Å². The van der Waals surface area contributed by atoms with Gasteiger partial charge in [-0.25, -0.2) is 13.1 Å². The lowest BCUT2D eigenvalue weighted by molar-refractivity contribution is 0.146. The Morgan fingerprint density at radius 1 is 1.35 bits per heavy atom. The summed E-state index contributed by atoms with van der Waals surface area (Å²) in [6, 6.07) is 4.31. The Labute approximate surface area is 101 Å². The van der Waals surface area contributed by atoms with Gasteiger partial charge in [0.05, 0.1) is 17.2 Å². The number of sulfonamides is 1. The summed E-state index contributed by atoms with van der Waals surface area (Å²) >= 11 is 0. The maximum atomic E-state index is 11.5. The minimum Gasteiger partial charge on any atom is -0.489 e. The predicted octanol–water partition coefficient (Wildman–Crippen LogP) is 0.202. The molecule has 0 saturated heterocycles. The third-order valence-corrected chi connectivity index (χ3v) is 3.52. The highest BCUT2D eigenvalue weighted by molar-refractivity contribution is 7.89. The standard InChI is InChI=1S/C10H16N2O4S/c1-12-17(13,14)8-3-4-10(9(11)7-8)16-6-5-15-2/h3-4,7,12H,5-6,11H2,1-2H3. The van der Waals surface area contributed by atoms with Gasteiger partial charge in [-0.1, -0.05) is 0 Å². The topological polar surface area (TPSA) is 90.7 Å². The van der Waals surface area contributed by atoms with E-state index in [1.165, 1.54) is 25.2 Å². The maximum Gasteiger partial charge on any atom is 0.240 e. The number of nitrogens with two attached hydrogens (primary N) is 1. The first-order chi connectivity index (χ1) is 8.01. The van der Waals surface area contributed by atoms with Gasteiger partial charge < -0.3 is 15.2 Å². The van der Waals surface area contributed by atoms with Gasteiger partial charge in [-0.15, -0.1) is 0 Å². The van der Waals surface area contributed by atoms with Crippen molar-refractivity contribution in [3.8, 4) is 5.75 Å². The van der Waals surface area contributed by atoms with Crippen molar-refractivity contribution >= 4 is 15.7 Å². The fourth-order valence-electron chi connectivity index (χ4n) is 1.18. The third-order valence-electron chi connectivity index (χ3n) is 2.11. The van der Waals surface area contributed by atoms with E-state index in [9.17, 15) is 8.42 Å². The molecule has 0 aliphatic heterocycles. The van der Waals surface area contributed by atoms with Crippen LogP contribution in [0.5, 0.6) is 5.75 Å². The van der Waals surface area contributed by atoms with Gasteiger partial charge in [0.2, 0.25) is 10.0 Å². The molecule has 0 fully saturated rings. The molecule has 1 aromatic carbocycles. The maximum absolute atomic E-state index is 11.5. The second kappa shape index (κ2) is 5.85. The molecule has 0 aromatic heterocycles. The zero-order chi connectivity index (χ0) is 12.9. The minimum atomic E-state index is -3.47. The van der Waals surface area contributed by atoms with Gasteiger partial charge >= 0.3 is 0 Å². The van der Waals surface area contributed by atoms with Gasteiger partial charge in [-0.2, -0.15) is 0 Å². The van der Waals surface area contributed by atoms with Crippen molar-refractivity contribution in [1.82, 2.24) is 4.72 Å². The molecule has 7 heteroatoms. The highest BCUT2D eigenvalue weighted by atomic mass is 32.2. The quantitative estimate of drug-likeness (QED) is 0.563. The first-order valence-corrected chi connectivity index (χ1v) is 6.44. The van der Waals surface area contributed by atoms with Crippen LogP contribution in [-0.4, -0.2) is 35.8 Å². The van der Waals surface area contributed by atoms with Gasteiger partial charge in [0.1, 0.15) is 12.4 Å². The van der Waals surface area contributed by atoms with Gasteiger partial charge in [0, 0.05) is 7.11 Å². The Bertz CT molecular complexity index is 473. The minimum absolute atomic E-state index is 0.108. The van der Waals surface area contributed by atoms with Crippen LogP contribution in [0.4, 0.5) is 5.69 Å². The molecule has 0 aliphatic carbocycles. The smallest absolute Gasteiger partial charge is 0.240 e. The van der Waals surface area contributed by atoms with E-state index in [-0.39, 0.29) is 10.6 Å². The molecule has 0 radical (unpaired) electrons. The molecule has 0 bridgehead atoms. The first-order valence-electron chi connectivity index (χ1n) is 4.96. The molecular formula is C10H16N2O4S. The molecule has 1 rings (SSSR count). The number of nitrogen functional groups attached to an aromatic ring is 1.